The number of nitrogens with zero attached hydrogens (tertiary/aromatic N) is 4. The average Bonchev–Trinajstić information content (AvgIpc) is 3.70. The molecule has 0 unspecified atom stereocenters. The molecule has 0 aliphatic carbocycles. The third-order valence-electron chi connectivity index (χ3n) is 6.43. The zero-order chi connectivity index (χ0) is 37.0. The molecule has 17 heteroatoms. The van der Waals surface area contributed by atoms with Crippen molar-refractivity contribution in [2.75, 3.05) is 22.1 Å². The molecule has 0 saturated carbocycles. The third kappa shape index (κ3) is 13.6. The molecule has 0 radical (unpaired) electrons. The van der Waals surface area contributed by atoms with E-state index in [9.17, 15) is 19.2 Å². The summed E-state index contributed by atoms with van der Waals surface area (Å²) in [4.78, 5) is 51.3. The normalized spacial score (nSPS) is 12.7. The van der Waals surface area contributed by atoms with Crippen LogP contribution in [0.3, 0.4) is 0 Å². The van der Waals surface area contributed by atoms with E-state index < -0.39 is 47.3 Å². The largest absolute Gasteiger partial charge is 0.444 e. The lowest BCUT2D eigenvalue weighted by Crippen LogP contribution is -2.40. The molecule has 2 aromatic carbocycles. The first kappa shape index (κ1) is 39.2. The molecule has 51 heavy (non-hydrogen) atoms. The summed E-state index contributed by atoms with van der Waals surface area (Å²) in [6.45, 7) is 10.5. The van der Waals surface area contributed by atoms with Crippen LogP contribution >= 0.6 is 34.4 Å². The van der Waals surface area contributed by atoms with Crippen LogP contribution in [0.5, 0.6) is 0 Å². The van der Waals surface area contributed by atoms with Crippen LogP contribution in [-0.4, -0.2) is 67.1 Å². The van der Waals surface area contributed by atoms with Gasteiger partial charge in [0, 0.05) is 12.8 Å². The Hall–Kier alpha value is -4.61. The lowest BCUT2D eigenvalue weighted by atomic mass is 10.1. The van der Waals surface area contributed by atoms with Crippen LogP contribution in [0.25, 0.3) is 0 Å². The van der Waals surface area contributed by atoms with Crippen LogP contribution < -0.4 is 21.3 Å². The summed E-state index contributed by atoms with van der Waals surface area (Å²) in [5.41, 5.74) is -0.249. The van der Waals surface area contributed by atoms with Crippen LogP contribution in [-0.2, 0) is 31.9 Å². The first-order valence-corrected chi connectivity index (χ1v) is 18.9. The van der Waals surface area contributed by atoms with Crippen molar-refractivity contribution in [1.29, 1.82) is 0 Å². The molecule has 4 N–H and O–H groups in total. The van der Waals surface area contributed by atoms with Gasteiger partial charge in [0.1, 0.15) is 33.3 Å². The second-order valence-corrected chi connectivity index (χ2v) is 16.4. The topological polar surface area (TPSA) is 186 Å². The summed E-state index contributed by atoms with van der Waals surface area (Å²) in [6, 6.07) is 15.8. The SMILES string of the molecule is CC(C)(C)OC(=O)N[C@@H](C(=O)Nc1nnc(CCSCCc2nnc(NC(=O)[C@H](NC(=O)OC(C)(C)C)c3ccccc3)s2)s1)c1ccccc1. The lowest BCUT2D eigenvalue weighted by molar-refractivity contribution is -0.119. The van der Waals surface area contributed by atoms with Crippen molar-refractivity contribution in [1.82, 2.24) is 31.0 Å². The van der Waals surface area contributed by atoms with Crippen LogP contribution in [0.15, 0.2) is 60.7 Å². The van der Waals surface area contributed by atoms with Gasteiger partial charge in [0.25, 0.3) is 11.8 Å². The lowest BCUT2D eigenvalue weighted by Gasteiger charge is -2.23. The van der Waals surface area contributed by atoms with Crippen molar-refractivity contribution in [3.05, 3.63) is 81.8 Å². The highest BCUT2D eigenvalue weighted by atomic mass is 32.2. The van der Waals surface area contributed by atoms with Gasteiger partial charge in [-0.2, -0.15) is 11.8 Å². The number of nitrogens with one attached hydrogen (secondary N) is 4. The van der Waals surface area contributed by atoms with E-state index >= 15 is 0 Å². The van der Waals surface area contributed by atoms with E-state index in [0.29, 0.717) is 34.2 Å². The molecule has 0 saturated heterocycles. The standard InChI is InChI=1S/C34H42N8O6S3/c1-33(2,3)47-31(45)35-25(21-13-9-7-10-14-21)27(43)37-29-41-39-23(50-29)17-19-49-20-18-24-40-42-30(51-24)38-28(44)26(22-15-11-8-12-16-22)36-32(46)48-34(4,5)6/h7-16,25-26H,17-20H2,1-6H3,(H,35,45)(H,36,46)(H,37,41,43)(H,38,42,44)/t25-,26-/m1/s1. The number of aromatic nitrogens is 4. The Bertz CT molecular complexity index is 1630. The first-order valence-electron chi connectivity index (χ1n) is 16.1. The number of hydrogen-bond acceptors (Lipinski definition) is 13. The number of aryl methyl sites for hydroxylation is 2. The smallest absolute Gasteiger partial charge is 0.408 e. The second-order valence-electron chi connectivity index (χ2n) is 13.1. The van der Waals surface area contributed by atoms with Crippen molar-refractivity contribution in [3.63, 3.8) is 0 Å². The molecule has 0 aliphatic rings. The average molecular weight is 755 g/mol. The molecule has 14 nitrogen and oxygen atoms in total. The quantitative estimate of drug-likeness (QED) is 0.106. The predicted octanol–water partition coefficient (Wildman–Crippen LogP) is 6.32. The van der Waals surface area contributed by atoms with E-state index in [2.05, 4.69) is 41.7 Å². The third-order valence-corrected chi connectivity index (χ3v) is 9.21. The van der Waals surface area contributed by atoms with E-state index in [1.165, 1.54) is 22.7 Å². The van der Waals surface area contributed by atoms with Crippen molar-refractivity contribution in [2.45, 2.75) is 77.7 Å². The Labute approximate surface area is 308 Å². The summed E-state index contributed by atoms with van der Waals surface area (Å²) < 4.78 is 10.7. The van der Waals surface area contributed by atoms with Gasteiger partial charge in [-0.25, -0.2) is 9.59 Å². The molecule has 4 amide bonds. The molecular formula is C34H42N8O6S3. The molecule has 4 aromatic rings. The molecular weight excluding hydrogens is 713 g/mol. The number of alkyl carbamates (subject to hydrolysis) is 2. The van der Waals surface area contributed by atoms with Gasteiger partial charge in [0.2, 0.25) is 10.3 Å². The Morgan fingerprint density at radius 3 is 1.35 bits per heavy atom. The zero-order valence-electron chi connectivity index (χ0n) is 29.2. The minimum Gasteiger partial charge on any atom is -0.444 e. The van der Waals surface area contributed by atoms with Crippen molar-refractivity contribution < 1.29 is 28.7 Å². The molecule has 2 aromatic heterocycles. The highest BCUT2D eigenvalue weighted by Gasteiger charge is 2.28. The first-order chi connectivity index (χ1) is 24.1. The maximum absolute atomic E-state index is 13.2. The van der Waals surface area contributed by atoms with Crippen molar-refractivity contribution >= 4 is 68.7 Å². The highest BCUT2D eigenvalue weighted by Crippen LogP contribution is 2.23. The van der Waals surface area contributed by atoms with E-state index in [-0.39, 0.29) is 0 Å². The number of rotatable bonds is 14. The summed E-state index contributed by atoms with van der Waals surface area (Å²) in [5.74, 6) is 0.582. The maximum Gasteiger partial charge on any atom is 0.408 e. The van der Waals surface area contributed by atoms with E-state index in [0.717, 1.165) is 21.5 Å². The van der Waals surface area contributed by atoms with Gasteiger partial charge in [-0.15, -0.1) is 20.4 Å². The predicted molar refractivity (Wildman–Crippen MR) is 199 cm³/mol. The number of amides is 4. The van der Waals surface area contributed by atoms with Crippen LogP contribution in [0.2, 0.25) is 0 Å². The molecule has 4 rings (SSSR count). The number of anilines is 2. The van der Waals surface area contributed by atoms with E-state index in [4.69, 9.17) is 9.47 Å². The maximum atomic E-state index is 13.2. The molecule has 0 spiro atoms. The Kier molecular flexibility index (Phi) is 13.9. The van der Waals surface area contributed by atoms with E-state index in [1.807, 2.05) is 12.1 Å². The van der Waals surface area contributed by atoms with Gasteiger partial charge >= 0.3 is 12.2 Å². The van der Waals surface area contributed by atoms with Gasteiger partial charge in [0.15, 0.2) is 0 Å². The van der Waals surface area contributed by atoms with Gasteiger partial charge in [-0.3, -0.25) is 20.2 Å². The minimum absolute atomic E-state index is 0.325. The molecule has 272 valence electrons. The fourth-order valence-corrected chi connectivity index (χ4v) is 6.95. The summed E-state index contributed by atoms with van der Waals surface area (Å²) in [5, 5.41) is 29.6. The zero-order valence-corrected chi connectivity index (χ0v) is 31.7. The Balaban J connectivity index is 1.23. The van der Waals surface area contributed by atoms with Gasteiger partial charge in [0.05, 0.1) is 0 Å². The van der Waals surface area contributed by atoms with Crippen molar-refractivity contribution in [2.24, 2.45) is 0 Å². The number of carbonyl (C=O) groups is 4. The summed E-state index contributed by atoms with van der Waals surface area (Å²) in [6.07, 6.45) is -0.140. The number of thioether (sulfide) groups is 1. The van der Waals surface area contributed by atoms with E-state index in [1.54, 1.807) is 102 Å². The molecule has 0 aliphatic heterocycles. The van der Waals surface area contributed by atoms with Gasteiger partial charge in [-0.05, 0) is 64.2 Å². The van der Waals surface area contributed by atoms with Crippen molar-refractivity contribution in [3.8, 4) is 0 Å². The number of ether oxygens (including phenoxy) is 2. The molecule has 2 atom stereocenters. The monoisotopic (exact) mass is 754 g/mol. The van der Waals surface area contributed by atoms with Crippen LogP contribution in [0.4, 0.5) is 19.9 Å². The molecule has 2 heterocycles. The summed E-state index contributed by atoms with van der Waals surface area (Å²) >= 11 is 4.23. The van der Waals surface area contributed by atoms with Crippen LogP contribution in [0, 0.1) is 0 Å². The second kappa shape index (κ2) is 18.1. The summed E-state index contributed by atoms with van der Waals surface area (Å²) in [7, 11) is 0. The fourth-order valence-electron chi connectivity index (χ4n) is 4.33. The number of carbonyl (C=O) groups excluding carboxylic acids is 4. The van der Waals surface area contributed by atoms with Crippen LogP contribution in [0.1, 0.15) is 74.8 Å². The van der Waals surface area contributed by atoms with Gasteiger partial charge in [-0.1, -0.05) is 83.3 Å². The number of benzene rings is 2. The fraction of sp³-hybridized carbons (Fsp3) is 0.412. The minimum atomic E-state index is -0.989. The number of hydrogen-bond donors (Lipinski definition) is 4. The van der Waals surface area contributed by atoms with Gasteiger partial charge < -0.3 is 20.1 Å². The Morgan fingerprint density at radius 1 is 0.627 bits per heavy atom. The molecule has 0 bridgehead atoms. The molecule has 0 fully saturated rings. The highest BCUT2D eigenvalue weighted by molar-refractivity contribution is 7.99. The Morgan fingerprint density at radius 2 is 1.00 bits per heavy atom.